The van der Waals surface area contributed by atoms with Gasteiger partial charge >= 0.3 is 0 Å². The maximum Gasteiger partial charge on any atom is 0.280 e. The summed E-state index contributed by atoms with van der Waals surface area (Å²) in [6.45, 7) is 3.34. The average molecular weight is 287 g/mol. The molecule has 0 saturated carbocycles. The van der Waals surface area contributed by atoms with Crippen LogP contribution >= 0.6 is 0 Å². The maximum atomic E-state index is 12.1. The van der Waals surface area contributed by atoms with E-state index in [0.717, 1.165) is 0 Å². The van der Waals surface area contributed by atoms with Gasteiger partial charge in [-0.1, -0.05) is 12.1 Å². The fourth-order valence-electron chi connectivity index (χ4n) is 2.11. The van der Waals surface area contributed by atoms with Gasteiger partial charge in [-0.2, -0.15) is 0 Å². The van der Waals surface area contributed by atoms with Crippen molar-refractivity contribution >= 4 is 17.3 Å². The van der Waals surface area contributed by atoms with E-state index in [1.807, 2.05) is 0 Å². The highest BCUT2D eigenvalue weighted by Gasteiger charge is 2.23. The van der Waals surface area contributed by atoms with Crippen LogP contribution in [0, 0.1) is 24.0 Å². The summed E-state index contributed by atoms with van der Waals surface area (Å²) in [5.41, 5.74) is -0.0245. The van der Waals surface area contributed by atoms with Gasteiger partial charge in [-0.3, -0.25) is 19.7 Å². The number of benzene rings is 1. The van der Waals surface area contributed by atoms with Gasteiger partial charge < -0.3 is 4.42 Å². The Morgan fingerprint density at radius 3 is 2.33 bits per heavy atom. The third-order valence-electron chi connectivity index (χ3n) is 3.06. The molecule has 0 spiro atoms. The average Bonchev–Trinajstić information content (AvgIpc) is 2.77. The van der Waals surface area contributed by atoms with Crippen LogP contribution in [0.5, 0.6) is 0 Å². The smallest absolute Gasteiger partial charge is 0.280 e. The van der Waals surface area contributed by atoms with Crippen LogP contribution in [0.25, 0.3) is 0 Å². The predicted molar refractivity (Wildman–Crippen MR) is 74.6 cm³/mol. The monoisotopic (exact) mass is 287 g/mol. The van der Waals surface area contributed by atoms with Gasteiger partial charge in [-0.15, -0.1) is 0 Å². The van der Waals surface area contributed by atoms with Crippen LogP contribution in [0.4, 0.5) is 5.69 Å². The largest absolute Gasteiger partial charge is 0.466 e. The number of furan rings is 1. The predicted octanol–water partition coefficient (Wildman–Crippen LogP) is 3.26. The molecule has 0 N–H and O–H groups in total. The zero-order valence-corrected chi connectivity index (χ0v) is 11.6. The highest BCUT2D eigenvalue weighted by Crippen LogP contribution is 2.21. The van der Waals surface area contributed by atoms with Crippen molar-refractivity contribution in [3.8, 4) is 0 Å². The molecule has 0 aliphatic rings. The Morgan fingerprint density at radius 2 is 1.76 bits per heavy atom. The molecule has 1 aromatic heterocycles. The van der Waals surface area contributed by atoms with Crippen molar-refractivity contribution in [1.29, 1.82) is 0 Å². The molecule has 6 heteroatoms. The lowest BCUT2D eigenvalue weighted by molar-refractivity contribution is -0.385. The van der Waals surface area contributed by atoms with E-state index >= 15 is 0 Å². The second kappa shape index (κ2) is 5.70. The SMILES string of the molecule is Cc1cc(C(=O)CC(=O)c2ccccc2[N+](=O)[O-])c(C)o1. The van der Waals surface area contributed by atoms with Gasteiger partial charge in [0.1, 0.15) is 11.5 Å². The summed E-state index contributed by atoms with van der Waals surface area (Å²) in [5, 5.41) is 10.9. The van der Waals surface area contributed by atoms with E-state index in [2.05, 4.69) is 0 Å². The molecule has 0 fully saturated rings. The fourth-order valence-corrected chi connectivity index (χ4v) is 2.11. The number of nitro groups is 1. The zero-order chi connectivity index (χ0) is 15.6. The van der Waals surface area contributed by atoms with E-state index in [-0.39, 0.29) is 11.3 Å². The minimum absolute atomic E-state index is 0.0614. The van der Waals surface area contributed by atoms with Gasteiger partial charge in [0, 0.05) is 6.07 Å². The molecule has 0 bridgehead atoms. The van der Waals surface area contributed by atoms with Gasteiger partial charge in [0.15, 0.2) is 11.6 Å². The highest BCUT2D eigenvalue weighted by atomic mass is 16.6. The number of para-hydroxylation sites is 1. The summed E-state index contributed by atoms with van der Waals surface area (Å²) >= 11 is 0. The molecule has 108 valence electrons. The Bertz CT molecular complexity index is 729. The molecule has 0 aliphatic heterocycles. The fraction of sp³-hybridized carbons (Fsp3) is 0.200. The van der Waals surface area contributed by atoms with Gasteiger partial charge in [0.2, 0.25) is 0 Å². The number of aryl methyl sites for hydroxylation is 2. The molecule has 0 atom stereocenters. The third kappa shape index (κ3) is 3.05. The number of carbonyl (C=O) groups is 2. The molecular weight excluding hydrogens is 274 g/mol. The first-order valence-electron chi connectivity index (χ1n) is 6.27. The maximum absolute atomic E-state index is 12.1. The molecule has 0 unspecified atom stereocenters. The van der Waals surface area contributed by atoms with E-state index in [9.17, 15) is 19.7 Å². The number of carbonyl (C=O) groups excluding carboxylic acids is 2. The van der Waals surface area contributed by atoms with E-state index < -0.39 is 22.9 Å². The Balaban J connectivity index is 2.25. The van der Waals surface area contributed by atoms with Gasteiger partial charge in [-0.25, -0.2) is 0 Å². The van der Waals surface area contributed by atoms with Gasteiger partial charge in [-0.05, 0) is 26.0 Å². The van der Waals surface area contributed by atoms with Crippen LogP contribution in [-0.4, -0.2) is 16.5 Å². The summed E-state index contributed by atoms with van der Waals surface area (Å²) in [7, 11) is 0. The molecule has 2 aromatic rings. The van der Waals surface area contributed by atoms with Gasteiger partial charge in [0.25, 0.3) is 5.69 Å². The number of nitro benzene ring substituents is 1. The normalized spacial score (nSPS) is 10.4. The lowest BCUT2D eigenvalue weighted by Gasteiger charge is -2.01. The van der Waals surface area contributed by atoms with Crippen LogP contribution in [0.1, 0.15) is 38.7 Å². The Morgan fingerprint density at radius 1 is 1.14 bits per heavy atom. The van der Waals surface area contributed by atoms with Crippen LogP contribution in [0.2, 0.25) is 0 Å². The first-order valence-corrected chi connectivity index (χ1v) is 6.27. The van der Waals surface area contributed by atoms with Gasteiger partial charge in [0.05, 0.1) is 22.5 Å². The molecule has 0 aliphatic carbocycles. The van der Waals surface area contributed by atoms with Crippen LogP contribution in [0.3, 0.4) is 0 Å². The van der Waals surface area contributed by atoms with Crippen LogP contribution in [0.15, 0.2) is 34.7 Å². The van der Waals surface area contributed by atoms with Crippen molar-refractivity contribution in [1.82, 2.24) is 0 Å². The molecule has 1 heterocycles. The molecular formula is C15H13NO5. The van der Waals surface area contributed by atoms with E-state index in [1.54, 1.807) is 19.9 Å². The van der Waals surface area contributed by atoms with E-state index in [1.165, 1.54) is 24.3 Å². The Hall–Kier alpha value is -2.76. The quantitative estimate of drug-likeness (QED) is 0.364. The van der Waals surface area contributed by atoms with E-state index in [4.69, 9.17) is 4.42 Å². The number of ketones is 2. The highest BCUT2D eigenvalue weighted by molar-refractivity contribution is 6.15. The molecule has 0 saturated heterocycles. The lowest BCUT2D eigenvalue weighted by atomic mass is 10.0. The first-order chi connectivity index (χ1) is 9.90. The van der Waals surface area contributed by atoms with Crippen molar-refractivity contribution in [2.45, 2.75) is 20.3 Å². The third-order valence-corrected chi connectivity index (χ3v) is 3.06. The minimum Gasteiger partial charge on any atom is -0.466 e. The lowest BCUT2D eigenvalue weighted by Crippen LogP contribution is -2.10. The number of nitrogens with zero attached hydrogens (tertiary/aromatic N) is 1. The number of hydrogen-bond acceptors (Lipinski definition) is 5. The summed E-state index contributed by atoms with van der Waals surface area (Å²) in [6.07, 6.45) is -0.426. The minimum atomic E-state index is -0.634. The Labute approximate surface area is 120 Å². The topological polar surface area (TPSA) is 90.4 Å². The van der Waals surface area contributed by atoms with Crippen molar-refractivity contribution in [3.05, 3.63) is 63.1 Å². The summed E-state index contributed by atoms with van der Waals surface area (Å²) in [6, 6.07) is 7.15. The number of Topliss-reactive ketones (excluding diaryl/α,β-unsaturated/α-hetero) is 2. The summed E-state index contributed by atoms with van der Waals surface area (Å²) in [5.74, 6) is 0.0277. The second-order valence-electron chi connectivity index (χ2n) is 4.62. The van der Waals surface area contributed by atoms with Crippen LogP contribution < -0.4 is 0 Å². The first kappa shape index (κ1) is 14.6. The molecule has 2 rings (SSSR count). The molecule has 1 aromatic carbocycles. The molecule has 21 heavy (non-hydrogen) atoms. The number of rotatable bonds is 5. The summed E-state index contributed by atoms with van der Waals surface area (Å²) < 4.78 is 5.24. The van der Waals surface area contributed by atoms with Crippen LogP contribution in [-0.2, 0) is 0 Å². The number of hydrogen-bond donors (Lipinski definition) is 0. The standard InChI is InChI=1S/C15H13NO5/c1-9-7-12(10(2)21-9)15(18)8-14(17)11-5-3-4-6-13(11)16(19)20/h3-7H,8H2,1-2H3. The second-order valence-corrected chi connectivity index (χ2v) is 4.62. The molecule has 0 radical (unpaired) electrons. The van der Waals surface area contributed by atoms with Crippen molar-refractivity contribution in [2.24, 2.45) is 0 Å². The zero-order valence-electron chi connectivity index (χ0n) is 11.6. The molecule has 0 amide bonds. The Kier molecular flexibility index (Phi) is 3.98. The molecule has 6 nitrogen and oxygen atoms in total. The summed E-state index contributed by atoms with van der Waals surface area (Å²) in [4.78, 5) is 34.5. The van der Waals surface area contributed by atoms with Crippen molar-refractivity contribution in [2.75, 3.05) is 0 Å². The van der Waals surface area contributed by atoms with Crippen molar-refractivity contribution < 1.29 is 18.9 Å². The van der Waals surface area contributed by atoms with Crippen molar-refractivity contribution in [3.63, 3.8) is 0 Å². The van der Waals surface area contributed by atoms with E-state index in [0.29, 0.717) is 17.1 Å².